The zero-order chi connectivity index (χ0) is 14.5. The van der Waals surface area contributed by atoms with Gasteiger partial charge in [0.25, 0.3) is 5.91 Å². The quantitative estimate of drug-likeness (QED) is 0.722. The number of hydrogen-bond acceptors (Lipinski definition) is 5. The van der Waals surface area contributed by atoms with Gasteiger partial charge < -0.3 is 16.2 Å². The van der Waals surface area contributed by atoms with Gasteiger partial charge in [-0.25, -0.2) is 9.78 Å². The smallest absolute Gasteiger partial charge is 0.355 e. The summed E-state index contributed by atoms with van der Waals surface area (Å²) in [7, 11) is 0. The molecular weight excluding hydrogens is 278 g/mol. The van der Waals surface area contributed by atoms with Gasteiger partial charge in [0.05, 0.1) is 5.01 Å². The molecular formula is C13H13N3O3S. The fourth-order valence-electron chi connectivity index (χ4n) is 1.54. The van der Waals surface area contributed by atoms with Crippen LogP contribution in [0.2, 0.25) is 0 Å². The van der Waals surface area contributed by atoms with Crippen molar-refractivity contribution in [1.82, 2.24) is 10.3 Å². The van der Waals surface area contributed by atoms with Crippen LogP contribution < -0.4 is 11.1 Å². The maximum absolute atomic E-state index is 11.8. The van der Waals surface area contributed by atoms with Crippen molar-refractivity contribution in [3.8, 4) is 0 Å². The summed E-state index contributed by atoms with van der Waals surface area (Å²) in [6, 6.07) is 6.62. The van der Waals surface area contributed by atoms with Gasteiger partial charge in [0.15, 0.2) is 5.69 Å². The number of carbonyl (C=O) groups is 2. The molecule has 0 saturated carbocycles. The molecule has 0 aliphatic heterocycles. The second-order valence-electron chi connectivity index (χ2n) is 4.06. The Morgan fingerprint density at radius 1 is 1.30 bits per heavy atom. The third-order valence-corrected chi connectivity index (χ3v) is 3.48. The molecule has 4 N–H and O–H groups in total. The number of aromatic carboxylic acids is 1. The number of anilines is 1. The molecule has 0 radical (unpaired) electrons. The summed E-state index contributed by atoms with van der Waals surface area (Å²) in [5.41, 5.74) is 6.71. The standard InChI is InChI=1S/C13H13N3O3S/c14-9-3-1-8(2-4-9)12(17)15-6-5-11-16-10(7-20-11)13(18)19/h1-4,7H,5-6,14H2,(H,15,17)(H,18,19). The predicted octanol–water partition coefficient (Wildman–Crippen LogP) is 1.40. The van der Waals surface area contributed by atoms with Crippen LogP contribution in [0.25, 0.3) is 0 Å². The Morgan fingerprint density at radius 3 is 2.60 bits per heavy atom. The van der Waals surface area contributed by atoms with Crippen LogP contribution in [0.15, 0.2) is 29.6 Å². The molecule has 0 saturated heterocycles. The molecule has 0 unspecified atom stereocenters. The van der Waals surface area contributed by atoms with Crippen molar-refractivity contribution in [1.29, 1.82) is 0 Å². The Hall–Kier alpha value is -2.41. The number of carboxylic acids is 1. The molecule has 1 amide bonds. The summed E-state index contributed by atoms with van der Waals surface area (Å²) in [5, 5.41) is 13.7. The second kappa shape index (κ2) is 6.16. The number of nitrogens with two attached hydrogens (primary N) is 1. The lowest BCUT2D eigenvalue weighted by Gasteiger charge is -2.04. The highest BCUT2D eigenvalue weighted by molar-refractivity contribution is 7.09. The molecule has 20 heavy (non-hydrogen) atoms. The molecule has 104 valence electrons. The summed E-state index contributed by atoms with van der Waals surface area (Å²) < 4.78 is 0. The molecule has 2 rings (SSSR count). The average Bonchev–Trinajstić information content (AvgIpc) is 2.88. The van der Waals surface area contributed by atoms with Gasteiger partial charge in [0.2, 0.25) is 0 Å². The SMILES string of the molecule is Nc1ccc(C(=O)NCCc2nc(C(=O)O)cs2)cc1. The van der Waals surface area contributed by atoms with E-state index in [4.69, 9.17) is 10.8 Å². The van der Waals surface area contributed by atoms with E-state index in [0.29, 0.717) is 29.2 Å². The molecule has 0 spiro atoms. The van der Waals surface area contributed by atoms with Gasteiger partial charge in [0, 0.05) is 29.6 Å². The minimum atomic E-state index is -1.04. The number of nitrogens with one attached hydrogen (secondary N) is 1. The van der Waals surface area contributed by atoms with E-state index in [1.54, 1.807) is 24.3 Å². The molecule has 0 bridgehead atoms. The Balaban J connectivity index is 1.84. The Bertz CT molecular complexity index is 622. The van der Waals surface area contributed by atoms with E-state index in [-0.39, 0.29) is 11.6 Å². The lowest BCUT2D eigenvalue weighted by molar-refractivity contribution is 0.0690. The van der Waals surface area contributed by atoms with E-state index in [0.717, 1.165) is 0 Å². The fraction of sp³-hybridized carbons (Fsp3) is 0.154. The van der Waals surface area contributed by atoms with Crippen LogP contribution >= 0.6 is 11.3 Å². The third kappa shape index (κ3) is 3.55. The van der Waals surface area contributed by atoms with E-state index >= 15 is 0 Å². The van der Waals surface area contributed by atoms with Crippen LogP contribution in [-0.4, -0.2) is 28.5 Å². The number of thiazole rings is 1. The largest absolute Gasteiger partial charge is 0.476 e. The first-order valence-corrected chi connectivity index (χ1v) is 6.75. The van der Waals surface area contributed by atoms with Crippen LogP contribution in [0.5, 0.6) is 0 Å². The third-order valence-electron chi connectivity index (χ3n) is 2.57. The van der Waals surface area contributed by atoms with Crippen molar-refractivity contribution in [3.63, 3.8) is 0 Å². The van der Waals surface area contributed by atoms with E-state index in [2.05, 4.69) is 10.3 Å². The van der Waals surface area contributed by atoms with Crippen LogP contribution in [0.1, 0.15) is 25.9 Å². The zero-order valence-corrected chi connectivity index (χ0v) is 11.3. The Kier molecular flexibility index (Phi) is 4.31. The summed E-state index contributed by atoms with van der Waals surface area (Å²) in [5.74, 6) is -1.24. The van der Waals surface area contributed by atoms with E-state index < -0.39 is 5.97 Å². The van der Waals surface area contributed by atoms with Crippen LogP contribution in [-0.2, 0) is 6.42 Å². The highest BCUT2D eigenvalue weighted by Gasteiger charge is 2.09. The summed E-state index contributed by atoms with van der Waals surface area (Å²) in [6.45, 7) is 0.399. The van der Waals surface area contributed by atoms with Crippen LogP contribution in [0, 0.1) is 0 Å². The molecule has 2 aromatic rings. The van der Waals surface area contributed by atoms with E-state index in [1.807, 2.05) is 0 Å². The molecule has 0 aliphatic rings. The van der Waals surface area contributed by atoms with Crippen LogP contribution in [0.3, 0.4) is 0 Å². The van der Waals surface area contributed by atoms with Crippen molar-refractivity contribution in [2.24, 2.45) is 0 Å². The molecule has 1 aromatic heterocycles. The monoisotopic (exact) mass is 291 g/mol. The number of amides is 1. The lowest BCUT2D eigenvalue weighted by Crippen LogP contribution is -2.25. The molecule has 1 heterocycles. The van der Waals surface area contributed by atoms with Gasteiger partial charge in [-0.1, -0.05) is 0 Å². The van der Waals surface area contributed by atoms with Crippen molar-refractivity contribution >= 4 is 28.9 Å². The lowest BCUT2D eigenvalue weighted by atomic mass is 10.2. The van der Waals surface area contributed by atoms with Gasteiger partial charge in [-0.05, 0) is 24.3 Å². The average molecular weight is 291 g/mol. The molecule has 0 aliphatic carbocycles. The number of aromatic nitrogens is 1. The van der Waals surface area contributed by atoms with Gasteiger partial charge in [-0.15, -0.1) is 11.3 Å². The summed E-state index contributed by atoms with van der Waals surface area (Å²) in [4.78, 5) is 26.4. The first-order chi connectivity index (χ1) is 9.56. The fourth-order valence-corrected chi connectivity index (χ4v) is 2.32. The first-order valence-electron chi connectivity index (χ1n) is 5.87. The van der Waals surface area contributed by atoms with E-state index in [9.17, 15) is 9.59 Å². The highest BCUT2D eigenvalue weighted by Crippen LogP contribution is 2.10. The van der Waals surface area contributed by atoms with Crippen molar-refractivity contribution in [2.45, 2.75) is 6.42 Å². The molecule has 1 aromatic carbocycles. The molecule has 0 fully saturated rings. The number of rotatable bonds is 5. The van der Waals surface area contributed by atoms with Gasteiger partial charge in [0.1, 0.15) is 0 Å². The topological polar surface area (TPSA) is 105 Å². The zero-order valence-electron chi connectivity index (χ0n) is 10.5. The van der Waals surface area contributed by atoms with Gasteiger partial charge in [-0.3, -0.25) is 4.79 Å². The van der Waals surface area contributed by atoms with Gasteiger partial charge >= 0.3 is 5.97 Å². The number of carbonyl (C=O) groups excluding carboxylic acids is 1. The summed E-state index contributed by atoms with van der Waals surface area (Å²) in [6.07, 6.45) is 0.499. The maximum atomic E-state index is 11.8. The molecule has 7 heteroatoms. The highest BCUT2D eigenvalue weighted by atomic mass is 32.1. The van der Waals surface area contributed by atoms with Crippen molar-refractivity contribution in [2.75, 3.05) is 12.3 Å². The second-order valence-corrected chi connectivity index (χ2v) is 5.00. The summed E-state index contributed by atoms with van der Waals surface area (Å²) >= 11 is 1.27. The number of benzene rings is 1. The molecule has 0 atom stereocenters. The van der Waals surface area contributed by atoms with Crippen molar-refractivity contribution in [3.05, 3.63) is 45.9 Å². The van der Waals surface area contributed by atoms with E-state index in [1.165, 1.54) is 16.7 Å². The van der Waals surface area contributed by atoms with Crippen LogP contribution in [0.4, 0.5) is 5.69 Å². The minimum absolute atomic E-state index is 0.0369. The predicted molar refractivity (Wildman–Crippen MR) is 76.0 cm³/mol. The molecule has 6 nitrogen and oxygen atoms in total. The van der Waals surface area contributed by atoms with Gasteiger partial charge in [-0.2, -0.15) is 0 Å². The number of nitrogens with zero attached hydrogens (tertiary/aromatic N) is 1. The number of hydrogen-bond donors (Lipinski definition) is 3. The number of carboxylic acid groups (broad SMARTS) is 1. The minimum Gasteiger partial charge on any atom is -0.476 e. The first kappa shape index (κ1) is 14.0. The number of nitrogen functional groups attached to an aromatic ring is 1. The maximum Gasteiger partial charge on any atom is 0.355 e. The Morgan fingerprint density at radius 2 is 2.00 bits per heavy atom. The Labute approximate surface area is 119 Å². The van der Waals surface area contributed by atoms with Crippen molar-refractivity contribution < 1.29 is 14.7 Å². The normalized spacial score (nSPS) is 10.2.